The minimum Gasteiger partial charge on any atom is -0.465 e. The minimum atomic E-state index is -0.279. The van der Waals surface area contributed by atoms with Gasteiger partial charge in [0.25, 0.3) is 0 Å². The van der Waals surface area contributed by atoms with Gasteiger partial charge in [0.15, 0.2) is 0 Å². The van der Waals surface area contributed by atoms with Gasteiger partial charge in [-0.25, -0.2) is 4.79 Å². The predicted molar refractivity (Wildman–Crippen MR) is 71.5 cm³/mol. The van der Waals surface area contributed by atoms with Crippen LogP contribution in [0.3, 0.4) is 0 Å². The molecule has 1 aromatic rings. The molecule has 1 aliphatic heterocycles. The third-order valence-electron chi connectivity index (χ3n) is 3.68. The first-order chi connectivity index (χ1) is 8.52. The molecule has 3 heteroatoms. The molecule has 1 atom stereocenters. The second-order valence-electron chi connectivity index (χ2n) is 5.74. The van der Waals surface area contributed by atoms with E-state index in [-0.39, 0.29) is 5.97 Å². The van der Waals surface area contributed by atoms with E-state index in [1.807, 2.05) is 24.3 Å². The minimum absolute atomic E-state index is 0.279. The quantitative estimate of drug-likeness (QED) is 0.817. The number of esters is 1. The van der Waals surface area contributed by atoms with E-state index in [0.29, 0.717) is 17.0 Å². The Hall–Kier alpha value is -1.35. The van der Waals surface area contributed by atoms with E-state index in [9.17, 15) is 4.79 Å². The zero-order chi connectivity index (χ0) is 13.2. The maximum Gasteiger partial charge on any atom is 0.337 e. The summed E-state index contributed by atoms with van der Waals surface area (Å²) in [6.07, 6.45) is 2.34. The van der Waals surface area contributed by atoms with Gasteiger partial charge < -0.3 is 10.1 Å². The molecule has 1 saturated heterocycles. The van der Waals surface area contributed by atoms with Crippen LogP contribution in [0.25, 0.3) is 0 Å². The molecule has 0 aliphatic carbocycles. The molecule has 98 valence electrons. The summed E-state index contributed by atoms with van der Waals surface area (Å²) in [5, 5.41) is 3.54. The highest BCUT2D eigenvalue weighted by Crippen LogP contribution is 2.36. The first kappa shape index (κ1) is 13.1. The number of methoxy groups -OCH3 is 1. The molecule has 0 amide bonds. The average molecular weight is 247 g/mol. The van der Waals surface area contributed by atoms with E-state index in [0.717, 1.165) is 13.0 Å². The molecule has 0 unspecified atom stereocenters. The van der Waals surface area contributed by atoms with Crippen LogP contribution in [0.5, 0.6) is 0 Å². The molecule has 0 aromatic heterocycles. The Bertz CT molecular complexity index is 423. The Balaban J connectivity index is 2.12. The number of ether oxygens (including phenoxy) is 1. The molecule has 3 nitrogen and oxygen atoms in total. The topological polar surface area (TPSA) is 38.3 Å². The van der Waals surface area contributed by atoms with Crippen LogP contribution < -0.4 is 5.32 Å². The van der Waals surface area contributed by atoms with Gasteiger partial charge in [0.1, 0.15) is 0 Å². The molecule has 1 fully saturated rings. The molecule has 1 aromatic carbocycles. The van der Waals surface area contributed by atoms with E-state index in [4.69, 9.17) is 4.74 Å². The highest BCUT2D eigenvalue weighted by Gasteiger charge is 2.28. The summed E-state index contributed by atoms with van der Waals surface area (Å²) in [6, 6.07) is 8.10. The fourth-order valence-electron chi connectivity index (χ4n) is 2.52. The summed E-state index contributed by atoms with van der Waals surface area (Å²) < 4.78 is 4.70. The van der Waals surface area contributed by atoms with Crippen LogP contribution in [0, 0.1) is 5.41 Å². The van der Waals surface area contributed by atoms with Crippen molar-refractivity contribution in [3.8, 4) is 0 Å². The van der Waals surface area contributed by atoms with Crippen molar-refractivity contribution in [3.63, 3.8) is 0 Å². The van der Waals surface area contributed by atoms with E-state index in [1.54, 1.807) is 0 Å². The number of rotatable bonds is 2. The van der Waals surface area contributed by atoms with Crippen LogP contribution >= 0.6 is 0 Å². The van der Waals surface area contributed by atoms with Gasteiger partial charge in [-0.3, -0.25) is 0 Å². The van der Waals surface area contributed by atoms with Crippen molar-refractivity contribution in [1.82, 2.24) is 5.32 Å². The number of carbonyl (C=O) groups is 1. The summed E-state index contributed by atoms with van der Waals surface area (Å²) in [7, 11) is 1.40. The summed E-state index contributed by atoms with van der Waals surface area (Å²) in [5.41, 5.74) is 2.24. The summed E-state index contributed by atoms with van der Waals surface area (Å²) in [6.45, 7) is 5.67. The molecule has 1 aliphatic rings. The number of carbonyl (C=O) groups excluding carboxylic acids is 1. The van der Waals surface area contributed by atoms with Crippen LogP contribution in [0.15, 0.2) is 24.3 Å². The van der Waals surface area contributed by atoms with Gasteiger partial charge in [-0.05, 0) is 42.5 Å². The van der Waals surface area contributed by atoms with Crippen molar-refractivity contribution in [2.45, 2.75) is 32.7 Å². The lowest BCUT2D eigenvalue weighted by Crippen LogP contribution is -2.35. The average Bonchev–Trinajstić information content (AvgIpc) is 2.37. The fourth-order valence-corrected chi connectivity index (χ4v) is 2.52. The highest BCUT2D eigenvalue weighted by atomic mass is 16.5. The Morgan fingerprint density at radius 2 is 2.00 bits per heavy atom. The first-order valence-corrected chi connectivity index (χ1v) is 6.43. The molecule has 0 spiro atoms. The molecule has 1 N–H and O–H groups in total. The fraction of sp³-hybridized carbons (Fsp3) is 0.533. The van der Waals surface area contributed by atoms with E-state index in [1.165, 1.54) is 19.1 Å². The molecule has 18 heavy (non-hydrogen) atoms. The van der Waals surface area contributed by atoms with Crippen LogP contribution in [0.4, 0.5) is 0 Å². The lowest BCUT2D eigenvalue weighted by Gasteiger charge is -2.36. The third kappa shape index (κ3) is 2.91. The smallest absolute Gasteiger partial charge is 0.337 e. The van der Waals surface area contributed by atoms with Crippen molar-refractivity contribution in [1.29, 1.82) is 0 Å². The van der Waals surface area contributed by atoms with Gasteiger partial charge in [-0.2, -0.15) is 0 Å². The van der Waals surface area contributed by atoms with Crippen LogP contribution in [0.2, 0.25) is 0 Å². The number of nitrogens with one attached hydrogen (secondary N) is 1. The Morgan fingerprint density at radius 1 is 1.33 bits per heavy atom. The molecular weight excluding hydrogens is 226 g/mol. The summed E-state index contributed by atoms with van der Waals surface area (Å²) >= 11 is 0. The van der Waals surface area contributed by atoms with Gasteiger partial charge in [0.2, 0.25) is 0 Å². The number of hydrogen-bond donors (Lipinski definition) is 1. The summed E-state index contributed by atoms with van der Waals surface area (Å²) in [5.74, 6) is -0.279. The van der Waals surface area contributed by atoms with Crippen LogP contribution in [-0.2, 0) is 4.74 Å². The normalized spacial score (nSPS) is 22.5. The van der Waals surface area contributed by atoms with Crippen molar-refractivity contribution in [3.05, 3.63) is 35.4 Å². The first-order valence-electron chi connectivity index (χ1n) is 6.43. The monoisotopic (exact) mass is 247 g/mol. The highest BCUT2D eigenvalue weighted by molar-refractivity contribution is 5.89. The molecular formula is C15H21NO2. The van der Waals surface area contributed by atoms with Gasteiger partial charge in [0, 0.05) is 6.04 Å². The zero-order valence-electron chi connectivity index (χ0n) is 11.3. The van der Waals surface area contributed by atoms with Gasteiger partial charge in [-0.15, -0.1) is 0 Å². The predicted octanol–water partition coefficient (Wildman–Crippen LogP) is 2.92. The van der Waals surface area contributed by atoms with Crippen molar-refractivity contribution >= 4 is 5.97 Å². The maximum absolute atomic E-state index is 11.4. The van der Waals surface area contributed by atoms with E-state index in [2.05, 4.69) is 19.2 Å². The Kier molecular flexibility index (Phi) is 3.71. The number of hydrogen-bond acceptors (Lipinski definition) is 3. The van der Waals surface area contributed by atoms with Gasteiger partial charge in [0.05, 0.1) is 12.7 Å². The lowest BCUT2D eigenvalue weighted by atomic mass is 9.78. The van der Waals surface area contributed by atoms with Crippen LogP contribution in [0.1, 0.15) is 48.7 Å². The molecule has 1 heterocycles. The zero-order valence-corrected chi connectivity index (χ0v) is 11.3. The largest absolute Gasteiger partial charge is 0.465 e. The number of benzene rings is 1. The molecule has 0 bridgehead atoms. The SMILES string of the molecule is COC(=O)c1ccc([C@@H]2CC(C)(C)CCN2)cc1. The molecule has 2 rings (SSSR count). The van der Waals surface area contributed by atoms with Crippen molar-refractivity contribution < 1.29 is 9.53 Å². The molecule has 0 radical (unpaired) electrons. The number of piperidine rings is 1. The second kappa shape index (κ2) is 5.11. The Morgan fingerprint density at radius 3 is 2.56 bits per heavy atom. The third-order valence-corrected chi connectivity index (χ3v) is 3.68. The van der Waals surface area contributed by atoms with E-state index >= 15 is 0 Å². The maximum atomic E-state index is 11.4. The van der Waals surface area contributed by atoms with E-state index < -0.39 is 0 Å². The van der Waals surface area contributed by atoms with Gasteiger partial charge in [-0.1, -0.05) is 26.0 Å². The summed E-state index contributed by atoms with van der Waals surface area (Å²) in [4.78, 5) is 11.4. The van der Waals surface area contributed by atoms with Crippen molar-refractivity contribution in [2.75, 3.05) is 13.7 Å². The standard InChI is InChI=1S/C15H21NO2/c1-15(2)8-9-16-13(10-15)11-4-6-12(7-5-11)14(17)18-3/h4-7,13,16H,8-10H2,1-3H3/t13-/m0/s1. The second-order valence-corrected chi connectivity index (χ2v) is 5.74. The molecule has 0 saturated carbocycles. The van der Waals surface area contributed by atoms with Crippen molar-refractivity contribution in [2.24, 2.45) is 5.41 Å². The lowest BCUT2D eigenvalue weighted by molar-refractivity contribution is 0.0600. The Labute approximate surface area is 109 Å². The van der Waals surface area contributed by atoms with Gasteiger partial charge >= 0.3 is 5.97 Å². The van der Waals surface area contributed by atoms with Crippen LogP contribution in [-0.4, -0.2) is 19.6 Å².